The number of piperidine rings is 3. The van der Waals surface area contributed by atoms with Crippen molar-refractivity contribution in [2.24, 2.45) is 5.92 Å². The standard InChI is InChI=1S/C61H67N7O7/c69-57-20-18-53(59(71)62-57)67-35-45-8-4-10-55(51(45)36-67)75-39-46-17-16-42(33-64-24-22-44(23-25-64)43-6-2-1-3-7-43)30-49(46)50-31-47(50)34-66-28-26-65(27-29-66)32-40-12-14-41(15-13-40)38-74-56-11-5-9-48-52(56)37-68(61(48)73)54-19-21-58(70)63-60(54)72/h1-17,30,44,47,50,53-54H,18-29,31-39H2,(H,62,69,71)(H,63,70,72). The van der Waals surface area contributed by atoms with E-state index in [-0.39, 0.29) is 42.6 Å². The monoisotopic (exact) mass is 1010 g/mol. The largest absolute Gasteiger partial charge is 0.489 e. The van der Waals surface area contributed by atoms with Gasteiger partial charge in [0.15, 0.2) is 0 Å². The predicted molar refractivity (Wildman–Crippen MR) is 282 cm³/mol. The third kappa shape index (κ3) is 10.9. The van der Waals surface area contributed by atoms with Crippen molar-refractivity contribution >= 4 is 29.5 Å². The Bertz CT molecular complexity index is 2970. The molecule has 2 N–H and O–H groups in total. The van der Waals surface area contributed by atoms with Crippen LogP contribution in [-0.4, -0.2) is 112 Å². The number of nitrogens with zero attached hydrogens (tertiary/aromatic N) is 5. The summed E-state index contributed by atoms with van der Waals surface area (Å²) in [6.45, 7) is 11.7. The van der Waals surface area contributed by atoms with E-state index < -0.39 is 11.9 Å². The van der Waals surface area contributed by atoms with E-state index in [4.69, 9.17) is 9.47 Å². The number of imide groups is 2. The van der Waals surface area contributed by atoms with E-state index in [1.54, 1.807) is 11.0 Å². The van der Waals surface area contributed by atoms with Crippen molar-refractivity contribution in [3.8, 4) is 11.5 Å². The minimum atomic E-state index is -0.663. The molecule has 14 nitrogen and oxygen atoms in total. The average molecular weight is 1010 g/mol. The van der Waals surface area contributed by atoms with Crippen LogP contribution in [0.15, 0.2) is 109 Å². The van der Waals surface area contributed by atoms with Gasteiger partial charge in [0, 0.05) is 88.4 Å². The topological polar surface area (TPSA) is 144 Å². The molecule has 1 aliphatic carbocycles. The Morgan fingerprint density at radius 1 is 0.547 bits per heavy atom. The van der Waals surface area contributed by atoms with Crippen LogP contribution < -0.4 is 20.1 Å². The summed E-state index contributed by atoms with van der Waals surface area (Å²) in [4.78, 5) is 73.9. The van der Waals surface area contributed by atoms with Crippen LogP contribution in [-0.2, 0) is 65.1 Å². The molecule has 1 saturated carbocycles. The van der Waals surface area contributed by atoms with Crippen LogP contribution in [0.2, 0.25) is 0 Å². The molecule has 5 amide bonds. The van der Waals surface area contributed by atoms with Crippen LogP contribution in [0.4, 0.5) is 0 Å². The maximum Gasteiger partial charge on any atom is 0.255 e. The fourth-order valence-electron chi connectivity index (χ4n) is 12.7. The van der Waals surface area contributed by atoms with Crippen molar-refractivity contribution in [3.05, 3.63) is 165 Å². The number of piperazine rings is 1. The summed E-state index contributed by atoms with van der Waals surface area (Å²) in [6.07, 6.45) is 5.01. The van der Waals surface area contributed by atoms with E-state index in [9.17, 15) is 24.0 Å². The van der Waals surface area contributed by atoms with E-state index >= 15 is 0 Å². The van der Waals surface area contributed by atoms with E-state index in [0.29, 0.717) is 74.6 Å². The second-order valence-corrected chi connectivity index (χ2v) is 22.0. The van der Waals surface area contributed by atoms with Crippen LogP contribution in [0, 0.1) is 5.92 Å². The molecule has 6 aliphatic heterocycles. The minimum Gasteiger partial charge on any atom is -0.489 e. The third-order valence-electron chi connectivity index (χ3n) is 17.1. The number of rotatable bonds is 16. The molecule has 5 aromatic carbocycles. The van der Waals surface area contributed by atoms with Gasteiger partial charge in [0.25, 0.3) is 5.91 Å². The average Bonchev–Trinajstić information content (AvgIpc) is 3.92. The lowest BCUT2D eigenvalue weighted by Crippen LogP contribution is -2.52. The second kappa shape index (κ2) is 21.5. The van der Waals surface area contributed by atoms with Gasteiger partial charge < -0.3 is 19.3 Å². The van der Waals surface area contributed by atoms with Gasteiger partial charge in [0.2, 0.25) is 23.6 Å². The Morgan fingerprint density at radius 2 is 1.19 bits per heavy atom. The smallest absolute Gasteiger partial charge is 0.255 e. The summed E-state index contributed by atoms with van der Waals surface area (Å²) in [5, 5.41) is 4.91. The quantitative estimate of drug-likeness (QED) is 0.0985. The lowest BCUT2D eigenvalue weighted by atomic mass is 9.89. The number of nitrogens with one attached hydrogen (secondary N) is 2. The number of hydrogen-bond acceptors (Lipinski definition) is 11. The first-order chi connectivity index (χ1) is 36.6. The normalized spacial score (nSPS) is 23.7. The van der Waals surface area contributed by atoms with Gasteiger partial charge in [-0.15, -0.1) is 0 Å². The second-order valence-electron chi connectivity index (χ2n) is 22.0. The van der Waals surface area contributed by atoms with Crippen molar-refractivity contribution in [2.75, 3.05) is 45.8 Å². The Kier molecular flexibility index (Phi) is 14.1. The van der Waals surface area contributed by atoms with Crippen molar-refractivity contribution in [1.82, 2.24) is 35.1 Å². The number of fused-ring (bicyclic) bond motifs is 2. The number of hydrogen-bond donors (Lipinski definition) is 2. The fraction of sp³-hybridized carbons (Fsp3) is 0.426. The molecule has 4 unspecified atom stereocenters. The van der Waals surface area contributed by atoms with Crippen LogP contribution in [0.3, 0.4) is 0 Å². The molecule has 388 valence electrons. The van der Waals surface area contributed by atoms with E-state index in [0.717, 1.165) is 81.3 Å². The van der Waals surface area contributed by atoms with E-state index in [1.165, 1.54) is 52.6 Å². The van der Waals surface area contributed by atoms with Crippen molar-refractivity contribution in [2.45, 2.75) is 115 Å². The van der Waals surface area contributed by atoms with Gasteiger partial charge in [-0.05, 0) is 120 Å². The lowest BCUT2D eigenvalue weighted by Gasteiger charge is -2.35. The molecule has 6 heterocycles. The molecule has 14 heteroatoms. The van der Waals surface area contributed by atoms with Gasteiger partial charge in [-0.1, -0.05) is 91.0 Å². The number of amides is 5. The van der Waals surface area contributed by atoms with Gasteiger partial charge in [-0.3, -0.25) is 49.3 Å². The van der Waals surface area contributed by atoms with Crippen LogP contribution >= 0.6 is 0 Å². The first-order valence-electron chi connectivity index (χ1n) is 27.3. The van der Waals surface area contributed by atoms with Crippen LogP contribution in [0.5, 0.6) is 11.5 Å². The summed E-state index contributed by atoms with van der Waals surface area (Å²) in [5.41, 5.74) is 11.5. The molecule has 4 saturated heterocycles. The third-order valence-corrected chi connectivity index (χ3v) is 17.1. The molecule has 7 aliphatic rings. The summed E-state index contributed by atoms with van der Waals surface area (Å²) in [6, 6.07) is 37.5. The highest BCUT2D eigenvalue weighted by Gasteiger charge is 2.43. The minimum absolute atomic E-state index is 0.189. The predicted octanol–water partition coefficient (Wildman–Crippen LogP) is 7.03. The zero-order valence-electron chi connectivity index (χ0n) is 42.7. The lowest BCUT2D eigenvalue weighted by molar-refractivity contribution is -0.138. The SMILES string of the molecule is O=C1CCC(N2Cc3cccc(OCc4ccc(CN5CCC(c6ccccc6)CC5)cc4C4CC4CN4CCN(Cc5ccc(COc6cccc7c6CN(C6CCC(=O)NC6=O)C7=O)cc5)CC4)c3C2)C(=O)N1. The molecule has 0 spiro atoms. The summed E-state index contributed by atoms with van der Waals surface area (Å²) in [5.74, 6) is 1.93. The first kappa shape index (κ1) is 49.2. The summed E-state index contributed by atoms with van der Waals surface area (Å²) < 4.78 is 13.0. The van der Waals surface area contributed by atoms with Gasteiger partial charge in [-0.25, -0.2) is 0 Å². The Hall–Kier alpha value is -6.71. The first-order valence-corrected chi connectivity index (χ1v) is 27.3. The van der Waals surface area contributed by atoms with Gasteiger partial charge >= 0.3 is 0 Å². The fourth-order valence-corrected chi connectivity index (χ4v) is 12.7. The highest BCUT2D eigenvalue weighted by molar-refractivity contribution is 6.05. The number of carbonyl (C=O) groups excluding carboxylic acids is 5. The molecule has 5 fully saturated rings. The van der Waals surface area contributed by atoms with E-state index in [2.05, 4.69) is 121 Å². The molecule has 0 bridgehead atoms. The molecule has 4 atom stereocenters. The molecule has 12 rings (SSSR count). The molecule has 0 aromatic heterocycles. The summed E-state index contributed by atoms with van der Waals surface area (Å²) in [7, 11) is 0. The van der Waals surface area contributed by atoms with Crippen molar-refractivity contribution in [1.29, 1.82) is 0 Å². The molecule has 5 aromatic rings. The zero-order chi connectivity index (χ0) is 51.0. The molecule has 75 heavy (non-hydrogen) atoms. The highest BCUT2D eigenvalue weighted by Crippen LogP contribution is 2.50. The highest BCUT2D eigenvalue weighted by atomic mass is 16.5. The number of ether oxygens (including phenoxy) is 2. The molecular weight excluding hydrogens is 943 g/mol. The van der Waals surface area contributed by atoms with Crippen molar-refractivity contribution < 1.29 is 33.4 Å². The number of benzene rings is 5. The Labute approximate surface area is 439 Å². The summed E-state index contributed by atoms with van der Waals surface area (Å²) >= 11 is 0. The van der Waals surface area contributed by atoms with Crippen molar-refractivity contribution in [3.63, 3.8) is 0 Å². The zero-order valence-corrected chi connectivity index (χ0v) is 42.7. The maximum absolute atomic E-state index is 13.3. The molecular formula is C61H67N7O7. The van der Waals surface area contributed by atoms with Gasteiger partial charge in [0.1, 0.15) is 30.8 Å². The maximum atomic E-state index is 13.3. The van der Waals surface area contributed by atoms with Gasteiger partial charge in [0.05, 0.1) is 12.6 Å². The number of likely N-dealkylation sites (tertiary alicyclic amines) is 1. The molecule has 0 radical (unpaired) electrons. The van der Waals surface area contributed by atoms with Gasteiger partial charge in [-0.2, -0.15) is 0 Å². The van der Waals surface area contributed by atoms with Crippen LogP contribution in [0.25, 0.3) is 0 Å². The van der Waals surface area contributed by atoms with Crippen LogP contribution in [0.1, 0.15) is 117 Å². The Morgan fingerprint density at radius 3 is 1.93 bits per heavy atom. The number of carbonyl (C=O) groups is 5. The van der Waals surface area contributed by atoms with E-state index in [1.807, 2.05) is 12.1 Å². The Balaban J connectivity index is 0.648.